The lowest BCUT2D eigenvalue weighted by Crippen LogP contribution is -2.29. The summed E-state index contributed by atoms with van der Waals surface area (Å²) in [6, 6.07) is 19.6. The van der Waals surface area contributed by atoms with Crippen LogP contribution < -0.4 is 24.2 Å². The summed E-state index contributed by atoms with van der Waals surface area (Å²) in [5.41, 5.74) is 4.20. The molecule has 0 unspecified atom stereocenters. The number of fused-ring (bicyclic) bond motifs is 2. The van der Waals surface area contributed by atoms with Crippen LogP contribution in [0.5, 0.6) is 17.2 Å². The van der Waals surface area contributed by atoms with Gasteiger partial charge in [0.05, 0.1) is 18.0 Å². The van der Waals surface area contributed by atoms with Crippen molar-refractivity contribution in [3.8, 4) is 17.2 Å². The minimum atomic E-state index is -0.110. The zero-order valence-corrected chi connectivity index (χ0v) is 25.8. The molecular formula is C35H47N3O4. The fourth-order valence-electron chi connectivity index (χ4n) is 5.51. The topological polar surface area (TPSA) is 65.5 Å². The van der Waals surface area contributed by atoms with E-state index in [2.05, 4.69) is 49.6 Å². The summed E-state index contributed by atoms with van der Waals surface area (Å²) in [5, 5.41) is 8.89. The van der Waals surface area contributed by atoms with Crippen LogP contribution in [0.25, 0.3) is 0 Å². The van der Waals surface area contributed by atoms with Gasteiger partial charge in [0.1, 0.15) is 5.75 Å². The number of rotatable bonds is 16. The number of hydrogen-bond donors (Lipinski definition) is 1. The minimum Gasteiger partial charge on any atom is -0.494 e. The van der Waals surface area contributed by atoms with Crippen molar-refractivity contribution in [1.29, 1.82) is 0 Å². The van der Waals surface area contributed by atoms with Gasteiger partial charge >= 0.3 is 0 Å². The second kappa shape index (κ2) is 15.5. The summed E-state index contributed by atoms with van der Waals surface area (Å²) in [6.45, 7) is 13.0. The van der Waals surface area contributed by atoms with Gasteiger partial charge in [0, 0.05) is 61.9 Å². The molecule has 7 nitrogen and oxygen atoms in total. The third kappa shape index (κ3) is 7.37. The van der Waals surface area contributed by atoms with Gasteiger partial charge in [-0.05, 0) is 89.1 Å². The monoisotopic (exact) mass is 573 g/mol. The van der Waals surface area contributed by atoms with Gasteiger partial charge in [0.25, 0.3) is 5.91 Å². The quantitative estimate of drug-likeness (QED) is 0.174. The summed E-state index contributed by atoms with van der Waals surface area (Å²) in [6.07, 6.45) is 6.39. The maximum Gasteiger partial charge on any atom is 0.263 e. The zero-order valence-electron chi connectivity index (χ0n) is 25.8. The Hall–Kier alpha value is -3.71. The summed E-state index contributed by atoms with van der Waals surface area (Å²) >= 11 is 0. The fourth-order valence-corrected chi connectivity index (χ4v) is 5.51. The number of unbranched alkanes of at least 4 members (excludes halogenated alkanes) is 5. The van der Waals surface area contributed by atoms with E-state index in [9.17, 15) is 4.79 Å². The lowest BCUT2D eigenvalue weighted by molar-refractivity contribution is 0.0997. The van der Waals surface area contributed by atoms with Crippen LogP contribution in [0.3, 0.4) is 0 Å². The van der Waals surface area contributed by atoms with Crippen molar-refractivity contribution in [2.75, 3.05) is 54.1 Å². The standard InChI is InChI=1S/C35H47N3O4/c1-5-36(6-2)28-17-21-31-33(25-28)42-34-26-29(37(7-3)8-4)18-22-32(34)38(31)35(40)27-15-19-30(20-16-27)41-24-14-12-10-9-11-13-23-39/h15-22,25-26,39H,5-14,23-24H2,1-4H3. The number of ether oxygens (including phenoxy) is 2. The maximum absolute atomic E-state index is 14.1. The Morgan fingerprint density at radius 3 is 1.71 bits per heavy atom. The van der Waals surface area contributed by atoms with Gasteiger partial charge < -0.3 is 24.4 Å². The average Bonchev–Trinajstić information content (AvgIpc) is 3.02. The van der Waals surface area contributed by atoms with Crippen LogP contribution >= 0.6 is 0 Å². The Labute approximate surface area is 251 Å². The molecule has 0 fully saturated rings. The number of benzene rings is 3. The van der Waals surface area contributed by atoms with Crippen molar-refractivity contribution in [1.82, 2.24) is 0 Å². The van der Waals surface area contributed by atoms with Crippen LogP contribution in [0.2, 0.25) is 0 Å². The third-order valence-electron chi connectivity index (χ3n) is 7.97. The van der Waals surface area contributed by atoms with Crippen molar-refractivity contribution in [3.63, 3.8) is 0 Å². The molecule has 0 aromatic heterocycles. The molecular weight excluding hydrogens is 526 g/mol. The molecule has 0 saturated carbocycles. The van der Waals surface area contributed by atoms with Crippen LogP contribution in [-0.2, 0) is 0 Å². The first kappa shape index (κ1) is 31.2. The highest BCUT2D eigenvalue weighted by molar-refractivity contribution is 6.13. The largest absolute Gasteiger partial charge is 0.494 e. The number of amides is 1. The van der Waals surface area contributed by atoms with E-state index in [0.717, 1.165) is 93.2 Å². The molecule has 3 aromatic rings. The maximum atomic E-state index is 14.1. The van der Waals surface area contributed by atoms with Gasteiger partial charge in [0.2, 0.25) is 0 Å². The van der Waals surface area contributed by atoms with Crippen LogP contribution in [0, 0.1) is 0 Å². The van der Waals surface area contributed by atoms with E-state index >= 15 is 0 Å². The van der Waals surface area contributed by atoms with Gasteiger partial charge in [-0.2, -0.15) is 0 Å². The molecule has 1 aliphatic rings. The Balaban J connectivity index is 1.55. The average molecular weight is 574 g/mol. The molecule has 1 amide bonds. The van der Waals surface area contributed by atoms with Crippen LogP contribution in [0.15, 0.2) is 60.7 Å². The third-order valence-corrected chi connectivity index (χ3v) is 7.97. The van der Waals surface area contributed by atoms with E-state index in [4.69, 9.17) is 14.6 Å². The molecule has 4 rings (SSSR count). The van der Waals surface area contributed by atoms with Crippen molar-refractivity contribution in [2.24, 2.45) is 0 Å². The number of carbonyl (C=O) groups is 1. The first-order chi connectivity index (χ1) is 20.5. The number of carbonyl (C=O) groups excluding carboxylic acids is 1. The molecule has 42 heavy (non-hydrogen) atoms. The summed E-state index contributed by atoms with van der Waals surface area (Å²) in [4.78, 5) is 20.4. The van der Waals surface area contributed by atoms with Gasteiger partial charge in [0.15, 0.2) is 11.5 Å². The first-order valence-corrected chi connectivity index (χ1v) is 15.7. The summed E-state index contributed by atoms with van der Waals surface area (Å²) < 4.78 is 12.4. The van der Waals surface area contributed by atoms with Crippen molar-refractivity contribution in [2.45, 2.75) is 66.2 Å². The van der Waals surface area contributed by atoms with E-state index < -0.39 is 0 Å². The molecule has 7 heteroatoms. The molecule has 1 aliphatic heterocycles. The molecule has 0 radical (unpaired) electrons. The summed E-state index contributed by atoms with van der Waals surface area (Å²) in [7, 11) is 0. The Morgan fingerprint density at radius 1 is 0.714 bits per heavy atom. The predicted octanol–water partition coefficient (Wildman–Crippen LogP) is 8.17. The highest BCUT2D eigenvalue weighted by atomic mass is 16.5. The lowest BCUT2D eigenvalue weighted by atomic mass is 10.1. The second-order valence-corrected chi connectivity index (χ2v) is 10.6. The van der Waals surface area contributed by atoms with Crippen molar-refractivity contribution in [3.05, 3.63) is 66.2 Å². The van der Waals surface area contributed by atoms with Crippen LogP contribution in [-0.4, -0.2) is 50.4 Å². The van der Waals surface area contributed by atoms with E-state index in [1.54, 1.807) is 4.90 Å². The zero-order chi connectivity index (χ0) is 29.9. The number of anilines is 4. The molecule has 0 aliphatic carbocycles. The SMILES string of the molecule is CCN(CC)c1ccc2c(c1)Oc1cc(N(CC)CC)ccc1N2C(=O)c1ccc(OCCCCCCCCO)cc1. The molecule has 226 valence electrons. The van der Waals surface area contributed by atoms with E-state index in [0.29, 0.717) is 23.7 Å². The van der Waals surface area contributed by atoms with Gasteiger partial charge in [-0.15, -0.1) is 0 Å². The Kier molecular flexibility index (Phi) is 11.5. The van der Waals surface area contributed by atoms with Gasteiger partial charge in [-0.1, -0.05) is 25.7 Å². The molecule has 0 bridgehead atoms. The van der Waals surface area contributed by atoms with Crippen molar-refractivity contribution >= 4 is 28.7 Å². The number of nitrogens with zero attached hydrogens (tertiary/aromatic N) is 3. The highest BCUT2D eigenvalue weighted by Gasteiger charge is 2.31. The van der Waals surface area contributed by atoms with Gasteiger partial charge in [-0.25, -0.2) is 0 Å². The highest BCUT2D eigenvalue weighted by Crippen LogP contribution is 2.49. The fraction of sp³-hybridized carbons (Fsp3) is 0.457. The molecule has 1 heterocycles. The van der Waals surface area contributed by atoms with E-state index in [-0.39, 0.29) is 12.5 Å². The predicted molar refractivity (Wildman–Crippen MR) is 173 cm³/mol. The lowest BCUT2D eigenvalue weighted by Gasteiger charge is -2.33. The Bertz CT molecular complexity index is 1220. The number of hydrogen-bond acceptors (Lipinski definition) is 6. The Morgan fingerprint density at radius 2 is 1.21 bits per heavy atom. The first-order valence-electron chi connectivity index (χ1n) is 15.7. The van der Waals surface area contributed by atoms with E-state index in [1.807, 2.05) is 48.5 Å². The number of aliphatic hydroxyl groups is 1. The van der Waals surface area contributed by atoms with E-state index in [1.165, 1.54) is 0 Å². The number of aliphatic hydroxyl groups excluding tert-OH is 1. The second-order valence-electron chi connectivity index (χ2n) is 10.6. The molecule has 0 atom stereocenters. The molecule has 3 aromatic carbocycles. The summed E-state index contributed by atoms with van der Waals surface area (Å²) in [5.74, 6) is 2.00. The normalized spacial score (nSPS) is 11.9. The van der Waals surface area contributed by atoms with Gasteiger partial charge in [-0.3, -0.25) is 9.69 Å². The molecule has 0 saturated heterocycles. The minimum absolute atomic E-state index is 0.110. The van der Waals surface area contributed by atoms with Crippen LogP contribution in [0.4, 0.5) is 22.7 Å². The molecule has 0 spiro atoms. The molecule has 1 N–H and O–H groups in total. The van der Waals surface area contributed by atoms with Crippen molar-refractivity contribution < 1.29 is 19.4 Å². The smallest absolute Gasteiger partial charge is 0.263 e. The van der Waals surface area contributed by atoms with Crippen LogP contribution in [0.1, 0.15) is 76.6 Å².